The highest BCUT2D eigenvalue weighted by Crippen LogP contribution is 2.68. The fraction of sp³-hybridized carbons (Fsp3) is 0.200. The van der Waals surface area contributed by atoms with Crippen LogP contribution in [0.3, 0.4) is 0 Å². The molecule has 2 rings (SSSR count). The van der Waals surface area contributed by atoms with E-state index in [1.54, 1.807) is 36.4 Å². The number of allylic oxidation sites excluding steroid dienone is 2. The van der Waals surface area contributed by atoms with Crippen LogP contribution in [0.5, 0.6) is 0 Å². The lowest BCUT2D eigenvalue weighted by Crippen LogP contribution is -2.17. The zero-order valence-electron chi connectivity index (χ0n) is 10.7. The molecule has 1 aliphatic carbocycles. The summed E-state index contributed by atoms with van der Waals surface area (Å²) in [6, 6.07) is 14.2. The van der Waals surface area contributed by atoms with Crippen LogP contribution in [-0.2, 0) is 0 Å². The van der Waals surface area contributed by atoms with Gasteiger partial charge in [-0.1, -0.05) is 29.8 Å². The first-order valence-corrected chi connectivity index (χ1v) is 6.32. The summed E-state index contributed by atoms with van der Waals surface area (Å²) in [6.45, 7) is 0. The van der Waals surface area contributed by atoms with Crippen molar-refractivity contribution in [3.63, 3.8) is 0 Å². The van der Waals surface area contributed by atoms with E-state index in [0.717, 1.165) is 0 Å². The SMILES string of the molecule is N#CC(C#N)=C(N)C1(C#N)C(C#N)C1c1ccccc1Cl. The Balaban J connectivity index is 2.63. The monoisotopic (exact) mass is 293 g/mol. The van der Waals surface area contributed by atoms with Crippen molar-refractivity contribution >= 4 is 11.6 Å². The largest absolute Gasteiger partial charge is 0.399 e. The van der Waals surface area contributed by atoms with Gasteiger partial charge >= 0.3 is 0 Å². The molecule has 1 aromatic rings. The molecule has 3 atom stereocenters. The third kappa shape index (κ3) is 1.89. The molecule has 3 unspecified atom stereocenters. The number of rotatable bonds is 2. The third-order valence-electron chi connectivity index (χ3n) is 3.71. The molecule has 6 heteroatoms. The quantitative estimate of drug-likeness (QED) is 0.839. The molecular weight excluding hydrogens is 286 g/mol. The molecule has 2 N–H and O–H groups in total. The highest BCUT2D eigenvalue weighted by Gasteiger charge is 2.70. The molecule has 1 aromatic carbocycles. The summed E-state index contributed by atoms with van der Waals surface area (Å²) in [4.78, 5) is 0. The van der Waals surface area contributed by atoms with E-state index in [2.05, 4.69) is 0 Å². The van der Waals surface area contributed by atoms with Crippen LogP contribution in [0.1, 0.15) is 11.5 Å². The van der Waals surface area contributed by atoms with Crippen LogP contribution in [0.2, 0.25) is 5.02 Å². The van der Waals surface area contributed by atoms with Crippen LogP contribution in [0, 0.1) is 56.7 Å². The van der Waals surface area contributed by atoms with Crippen LogP contribution in [0.15, 0.2) is 35.5 Å². The van der Waals surface area contributed by atoms with E-state index in [4.69, 9.17) is 27.9 Å². The summed E-state index contributed by atoms with van der Waals surface area (Å²) in [6.07, 6.45) is 0. The first kappa shape index (κ1) is 14.4. The van der Waals surface area contributed by atoms with E-state index in [1.165, 1.54) is 0 Å². The normalized spacial score (nSPS) is 25.6. The van der Waals surface area contributed by atoms with E-state index in [1.807, 2.05) is 12.1 Å². The Labute approximate surface area is 126 Å². The maximum atomic E-state index is 9.51. The number of benzene rings is 1. The van der Waals surface area contributed by atoms with Crippen molar-refractivity contribution in [3.8, 4) is 24.3 Å². The average molecular weight is 294 g/mol. The smallest absolute Gasteiger partial charge is 0.150 e. The number of halogens is 1. The molecule has 100 valence electrons. The molecule has 0 bridgehead atoms. The molecule has 0 amide bonds. The number of hydrogen-bond donors (Lipinski definition) is 1. The van der Waals surface area contributed by atoms with E-state index < -0.39 is 17.3 Å². The Morgan fingerprint density at radius 3 is 2.24 bits per heavy atom. The molecule has 5 nitrogen and oxygen atoms in total. The van der Waals surface area contributed by atoms with Gasteiger partial charge in [0.25, 0.3) is 0 Å². The minimum Gasteiger partial charge on any atom is -0.399 e. The second kappa shape index (κ2) is 5.18. The summed E-state index contributed by atoms with van der Waals surface area (Å²) in [5, 5.41) is 37.1. The Morgan fingerprint density at radius 2 is 1.76 bits per heavy atom. The van der Waals surface area contributed by atoms with Crippen molar-refractivity contribution < 1.29 is 0 Å². The van der Waals surface area contributed by atoms with Gasteiger partial charge in [0.15, 0.2) is 0 Å². The van der Waals surface area contributed by atoms with Gasteiger partial charge in [0.05, 0.1) is 23.8 Å². The van der Waals surface area contributed by atoms with Crippen LogP contribution < -0.4 is 5.73 Å². The van der Waals surface area contributed by atoms with E-state index in [-0.39, 0.29) is 11.3 Å². The predicted molar refractivity (Wildman–Crippen MR) is 73.8 cm³/mol. The Kier molecular flexibility index (Phi) is 3.56. The lowest BCUT2D eigenvalue weighted by Gasteiger charge is -2.10. The molecule has 0 saturated heterocycles. The van der Waals surface area contributed by atoms with Gasteiger partial charge in [-0.2, -0.15) is 21.0 Å². The second-order valence-corrected chi connectivity index (χ2v) is 5.01. The third-order valence-corrected chi connectivity index (χ3v) is 4.05. The van der Waals surface area contributed by atoms with Crippen LogP contribution >= 0.6 is 11.6 Å². The molecule has 1 saturated carbocycles. The van der Waals surface area contributed by atoms with Gasteiger partial charge in [0.1, 0.15) is 23.1 Å². The topological polar surface area (TPSA) is 121 Å². The Hall–Kier alpha value is -2.99. The van der Waals surface area contributed by atoms with Gasteiger partial charge in [-0.05, 0) is 11.6 Å². The summed E-state index contributed by atoms with van der Waals surface area (Å²) in [5.74, 6) is -1.28. The Bertz CT molecular complexity index is 783. The molecule has 0 radical (unpaired) electrons. The summed E-state index contributed by atoms with van der Waals surface area (Å²) < 4.78 is 0. The molecular formula is C15H8ClN5. The van der Waals surface area contributed by atoms with Crippen LogP contribution in [-0.4, -0.2) is 0 Å². The molecule has 21 heavy (non-hydrogen) atoms. The number of hydrogen-bond acceptors (Lipinski definition) is 5. The van der Waals surface area contributed by atoms with Crippen LogP contribution in [0.4, 0.5) is 0 Å². The van der Waals surface area contributed by atoms with E-state index in [9.17, 15) is 10.5 Å². The van der Waals surface area contributed by atoms with Gasteiger partial charge in [-0.3, -0.25) is 0 Å². The maximum absolute atomic E-state index is 9.51. The van der Waals surface area contributed by atoms with Crippen molar-refractivity contribution in [2.45, 2.75) is 5.92 Å². The molecule has 1 aliphatic rings. The number of nitrogens with two attached hydrogens (primary N) is 1. The first-order valence-electron chi connectivity index (χ1n) is 5.94. The second-order valence-electron chi connectivity index (χ2n) is 4.60. The maximum Gasteiger partial charge on any atom is 0.150 e. The fourth-order valence-electron chi connectivity index (χ4n) is 2.60. The van der Waals surface area contributed by atoms with Gasteiger partial charge in [0.2, 0.25) is 0 Å². The van der Waals surface area contributed by atoms with Crippen molar-refractivity contribution in [3.05, 3.63) is 46.1 Å². The average Bonchev–Trinajstić information content (AvgIpc) is 3.17. The Morgan fingerprint density at radius 1 is 1.14 bits per heavy atom. The highest BCUT2D eigenvalue weighted by atomic mass is 35.5. The van der Waals surface area contributed by atoms with Gasteiger partial charge < -0.3 is 5.73 Å². The van der Waals surface area contributed by atoms with Crippen molar-refractivity contribution in [1.29, 1.82) is 21.0 Å². The summed E-state index contributed by atoms with van der Waals surface area (Å²) >= 11 is 6.11. The minimum atomic E-state index is -1.37. The standard InChI is InChI=1S/C15H8ClN5/c16-12-4-2-1-3-10(12)13-11(7-19)15(13,8-20)14(21)9(5-17)6-18/h1-4,11,13H,21H2. The molecule has 0 aliphatic heterocycles. The van der Waals surface area contributed by atoms with Crippen molar-refractivity contribution in [2.75, 3.05) is 0 Å². The zero-order chi connectivity index (χ0) is 15.6. The van der Waals surface area contributed by atoms with Crippen LogP contribution in [0.25, 0.3) is 0 Å². The van der Waals surface area contributed by atoms with Crippen molar-refractivity contribution in [2.24, 2.45) is 17.1 Å². The minimum absolute atomic E-state index is 0.161. The number of nitrogens with zero attached hydrogens (tertiary/aromatic N) is 4. The molecule has 0 spiro atoms. The molecule has 0 heterocycles. The molecule has 0 aromatic heterocycles. The summed E-state index contributed by atoms with van der Waals surface area (Å²) in [7, 11) is 0. The first-order chi connectivity index (χ1) is 10.1. The highest BCUT2D eigenvalue weighted by molar-refractivity contribution is 6.31. The molecule has 1 fully saturated rings. The van der Waals surface area contributed by atoms with Gasteiger partial charge in [-0.25, -0.2) is 0 Å². The van der Waals surface area contributed by atoms with E-state index in [0.29, 0.717) is 10.6 Å². The van der Waals surface area contributed by atoms with Crippen molar-refractivity contribution in [1.82, 2.24) is 0 Å². The lowest BCUT2D eigenvalue weighted by molar-refractivity contribution is 0.719. The fourth-order valence-corrected chi connectivity index (χ4v) is 2.86. The predicted octanol–water partition coefficient (Wildman–Crippen LogP) is 2.35. The number of nitriles is 4. The van der Waals surface area contributed by atoms with E-state index >= 15 is 0 Å². The van der Waals surface area contributed by atoms with Gasteiger partial charge in [-0.15, -0.1) is 0 Å². The van der Waals surface area contributed by atoms with Gasteiger partial charge in [0, 0.05) is 10.9 Å². The zero-order valence-corrected chi connectivity index (χ0v) is 11.5. The lowest BCUT2D eigenvalue weighted by atomic mass is 9.94. The summed E-state index contributed by atoms with van der Waals surface area (Å²) in [5.41, 5.74) is 4.59.